The fourth-order valence-corrected chi connectivity index (χ4v) is 2.82. The standard InChI is InChI=1S/C15H17BrN4O/c1-21-15-19-13-6-8-17-7-5-12(13)14(20-15)18-11-4-2-3-10(16)9-11/h2-4,9,17H,5-8H2,1H3,(H,18,19,20). The molecule has 21 heavy (non-hydrogen) atoms. The van der Waals surface area contributed by atoms with E-state index in [2.05, 4.69) is 36.5 Å². The number of hydrogen-bond donors (Lipinski definition) is 2. The molecular weight excluding hydrogens is 332 g/mol. The van der Waals surface area contributed by atoms with Crippen molar-refractivity contribution in [2.24, 2.45) is 0 Å². The van der Waals surface area contributed by atoms with Gasteiger partial charge in [-0.3, -0.25) is 0 Å². The van der Waals surface area contributed by atoms with E-state index in [1.165, 1.54) is 5.56 Å². The molecule has 110 valence electrons. The third-order valence-electron chi connectivity index (χ3n) is 3.43. The van der Waals surface area contributed by atoms with E-state index >= 15 is 0 Å². The number of fused-ring (bicyclic) bond motifs is 1. The van der Waals surface area contributed by atoms with Crippen LogP contribution >= 0.6 is 15.9 Å². The van der Waals surface area contributed by atoms with Crippen LogP contribution in [0.2, 0.25) is 0 Å². The number of halogens is 1. The highest BCUT2D eigenvalue weighted by molar-refractivity contribution is 9.10. The molecule has 6 heteroatoms. The van der Waals surface area contributed by atoms with Crippen LogP contribution in [-0.4, -0.2) is 30.2 Å². The Morgan fingerprint density at radius 2 is 2.10 bits per heavy atom. The molecule has 5 nitrogen and oxygen atoms in total. The Labute approximate surface area is 132 Å². The Kier molecular flexibility index (Phi) is 4.36. The summed E-state index contributed by atoms with van der Waals surface area (Å²) < 4.78 is 6.26. The van der Waals surface area contributed by atoms with Crippen molar-refractivity contribution in [2.45, 2.75) is 12.8 Å². The molecule has 0 spiro atoms. The lowest BCUT2D eigenvalue weighted by Gasteiger charge is -2.14. The summed E-state index contributed by atoms with van der Waals surface area (Å²) in [6.45, 7) is 1.87. The van der Waals surface area contributed by atoms with E-state index < -0.39 is 0 Å². The number of hydrogen-bond acceptors (Lipinski definition) is 5. The molecule has 0 saturated carbocycles. The molecule has 0 amide bonds. The molecule has 0 fully saturated rings. The predicted octanol–water partition coefficient (Wildman–Crippen LogP) is 2.68. The number of aromatic nitrogens is 2. The molecule has 2 N–H and O–H groups in total. The fraction of sp³-hybridized carbons (Fsp3) is 0.333. The number of nitrogens with zero attached hydrogens (tertiary/aromatic N) is 2. The topological polar surface area (TPSA) is 59.1 Å². The van der Waals surface area contributed by atoms with Gasteiger partial charge < -0.3 is 15.4 Å². The molecule has 0 unspecified atom stereocenters. The Morgan fingerprint density at radius 1 is 1.24 bits per heavy atom. The van der Waals surface area contributed by atoms with Gasteiger partial charge in [0.15, 0.2) is 0 Å². The van der Waals surface area contributed by atoms with Crippen LogP contribution in [0.5, 0.6) is 6.01 Å². The molecule has 0 radical (unpaired) electrons. The van der Waals surface area contributed by atoms with Gasteiger partial charge in [-0.1, -0.05) is 22.0 Å². The van der Waals surface area contributed by atoms with Crippen LogP contribution in [0, 0.1) is 0 Å². The molecule has 0 atom stereocenters. The average molecular weight is 349 g/mol. The minimum Gasteiger partial charge on any atom is -0.467 e. The second kappa shape index (κ2) is 6.41. The van der Waals surface area contributed by atoms with E-state index in [0.29, 0.717) is 6.01 Å². The van der Waals surface area contributed by atoms with Gasteiger partial charge in [0, 0.05) is 28.7 Å². The molecule has 1 aliphatic rings. The third-order valence-corrected chi connectivity index (χ3v) is 3.93. The largest absolute Gasteiger partial charge is 0.467 e. The van der Waals surface area contributed by atoms with Crippen LogP contribution < -0.4 is 15.4 Å². The smallest absolute Gasteiger partial charge is 0.318 e. The summed E-state index contributed by atoms with van der Waals surface area (Å²) in [4.78, 5) is 8.97. The molecule has 0 aliphatic carbocycles. The number of anilines is 2. The average Bonchev–Trinajstić information content (AvgIpc) is 2.72. The fourth-order valence-electron chi connectivity index (χ4n) is 2.42. The molecule has 0 saturated heterocycles. The van der Waals surface area contributed by atoms with Crippen molar-refractivity contribution < 1.29 is 4.74 Å². The van der Waals surface area contributed by atoms with Gasteiger partial charge in [-0.15, -0.1) is 0 Å². The van der Waals surface area contributed by atoms with Gasteiger partial charge >= 0.3 is 6.01 Å². The van der Waals surface area contributed by atoms with E-state index in [4.69, 9.17) is 4.74 Å². The zero-order chi connectivity index (χ0) is 14.7. The molecule has 3 rings (SSSR count). The van der Waals surface area contributed by atoms with Crippen LogP contribution in [-0.2, 0) is 12.8 Å². The van der Waals surface area contributed by atoms with E-state index in [9.17, 15) is 0 Å². The minimum atomic E-state index is 0.410. The van der Waals surface area contributed by atoms with Crippen molar-refractivity contribution in [3.05, 3.63) is 40.0 Å². The van der Waals surface area contributed by atoms with Crippen molar-refractivity contribution in [3.63, 3.8) is 0 Å². The van der Waals surface area contributed by atoms with E-state index in [0.717, 1.165) is 47.6 Å². The maximum Gasteiger partial charge on any atom is 0.318 e. The van der Waals surface area contributed by atoms with E-state index in [1.807, 2.05) is 24.3 Å². The number of methoxy groups -OCH3 is 1. The van der Waals surface area contributed by atoms with Gasteiger partial charge in [0.2, 0.25) is 0 Å². The molecule has 0 bridgehead atoms. The summed E-state index contributed by atoms with van der Waals surface area (Å²) in [5, 5.41) is 6.77. The number of rotatable bonds is 3. The van der Waals surface area contributed by atoms with Crippen molar-refractivity contribution in [3.8, 4) is 6.01 Å². The monoisotopic (exact) mass is 348 g/mol. The normalized spacial score (nSPS) is 14.2. The highest BCUT2D eigenvalue weighted by Crippen LogP contribution is 2.26. The van der Waals surface area contributed by atoms with Crippen molar-refractivity contribution in [1.82, 2.24) is 15.3 Å². The van der Waals surface area contributed by atoms with Crippen molar-refractivity contribution >= 4 is 27.4 Å². The summed E-state index contributed by atoms with van der Waals surface area (Å²) in [6, 6.07) is 8.44. The van der Waals surface area contributed by atoms with Crippen molar-refractivity contribution in [1.29, 1.82) is 0 Å². The lowest BCUT2D eigenvalue weighted by molar-refractivity contribution is 0.378. The van der Waals surface area contributed by atoms with Crippen LogP contribution in [0.4, 0.5) is 11.5 Å². The second-order valence-electron chi connectivity index (χ2n) is 4.87. The summed E-state index contributed by atoms with van der Waals surface area (Å²) >= 11 is 3.48. The molecule has 1 aromatic heterocycles. The zero-order valence-electron chi connectivity index (χ0n) is 11.8. The highest BCUT2D eigenvalue weighted by atomic mass is 79.9. The lowest BCUT2D eigenvalue weighted by atomic mass is 10.1. The van der Waals surface area contributed by atoms with Gasteiger partial charge in [0.1, 0.15) is 5.82 Å². The number of ether oxygens (including phenoxy) is 1. The quantitative estimate of drug-likeness (QED) is 0.892. The first kappa shape index (κ1) is 14.3. The molecule has 2 heterocycles. The Balaban J connectivity index is 1.99. The van der Waals surface area contributed by atoms with Gasteiger partial charge in [0.25, 0.3) is 0 Å². The molecular formula is C15H17BrN4O. The van der Waals surface area contributed by atoms with Gasteiger partial charge in [-0.05, 0) is 31.2 Å². The van der Waals surface area contributed by atoms with Crippen LogP contribution in [0.1, 0.15) is 11.3 Å². The number of nitrogens with one attached hydrogen (secondary N) is 2. The van der Waals surface area contributed by atoms with Crippen molar-refractivity contribution in [2.75, 3.05) is 25.5 Å². The van der Waals surface area contributed by atoms with Crippen LogP contribution in [0.25, 0.3) is 0 Å². The highest BCUT2D eigenvalue weighted by Gasteiger charge is 2.17. The summed E-state index contributed by atoms with van der Waals surface area (Å²) in [7, 11) is 1.60. The van der Waals surface area contributed by atoms with E-state index in [-0.39, 0.29) is 0 Å². The molecule has 1 aliphatic heterocycles. The molecule has 1 aromatic carbocycles. The van der Waals surface area contributed by atoms with Crippen LogP contribution in [0.15, 0.2) is 28.7 Å². The Hall–Kier alpha value is -1.66. The maximum absolute atomic E-state index is 5.23. The predicted molar refractivity (Wildman–Crippen MR) is 86.3 cm³/mol. The maximum atomic E-state index is 5.23. The summed E-state index contributed by atoms with van der Waals surface area (Å²) in [5.74, 6) is 0.832. The van der Waals surface area contributed by atoms with Gasteiger partial charge in [-0.25, -0.2) is 0 Å². The Morgan fingerprint density at radius 3 is 2.90 bits per heavy atom. The Bertz CT molecular complexity index is 648. The first-order valence-electron chi connectivity index (χ1n) is 6.93. The summed E-state index contributed by atoms with van der Waals surface area (Å²) in [6.07, 6.45) is 1.80. The van der Waals surface area contributed by atoms with Crippen LogP contribution in [0.3, 0.4) is 0 Å². The van der Waals surface area contributed by atoms with Gasteiger partial charge in [-0.2, -0.15) is 9.97 Å². The zero-order valence-corrected chi connectivity index (χ0v) is 13.4. The summed E-state index contributed by atoms with van der Waals surface area (Å²) in [5.41, 5.74) is 3.22. The molecule has 2 aromatic rings. The second-order valence-corrected chi connectivity index (χ2v) is 5.79. The minimum absolute atomic E-state index is 0.410. The third kappa shape index (κ3) is 3.33. The first-order chi connectivity index (χ1) is 10.3. The van der Waals surface area contributed by atoms with E-state index in [1.54, 1.807) is 7.11 Å². The number of benzene rings is 1. The SMILES string of the molecule is COc1nc2c(c(Nc3cccc(Br)c3)n1)CCNCC2. The lowest BCUT2D eigenvalue weighted by Crippen LogP contribution is -2.16. The first-order valence-corrected chi connectivity index (χ1v) is 7.72. The van der Waals surface area contributed by atoms with Gasteiger partial charge in [0.05, 0.1) is 12.8 Å².